The maximum Gasteiger partial charge on any atom is 0.246 e. The Morgan fingerprint density at radius 1 is 1.17 bits per heavy atom. The Balaban J connectivity index is 1.56. The van der Waals surface area contributed by atoms with E-state index in [1.807, 2.05) is 6.07 Å². The number of nitrogens with zero attached hydrogens (tertiary/aromatic N) is 2. The number of piperidine rings is 1. The first-order valence-corrected chi connectivity index (χ1v) is 12.3. The Kier molecular flexibility index (Phi) is 6.27. The fourth-order valence-electron chi connectivity index (χ4n) is 4.16. The van der Waals surface area contributed by atoms with Crippen LogP contribution in [0.15, 0.2) is 46.7 Å². The number of hydrogen-bond donors (Lipinski definition) is 0. The molecule has 2 aliphatic rings. The van der Waals surface area contributed by atoms with E-state index in [4.69, 9.17) is 9.47 Å². The molecule has 4 rings (SSSR count). The van der Waals surface area contributed by atoms with Gasteiger partial charge in [-0.1, -0.05) is 18.2 Å². The van der Waals surface area contributed by atoms with E-state index in [1.54, 1.807) is 41.0 Å². The highest BCUT2D eigenvalue weighted by atomic mass is 32.2. The Morgan fingerprint density at radius 2 is 1.97 bits per heavy atom. The minimum absolute atomic E-state index is 0.180. The second-order valence-electron chi connectivity index (χ2n) is 7.92. The summed E-state index contributed by atoms with van der Waals surface area (Å²) in [6.45, 7) is 4.59. The van der Waals surface area contributed by atoms with Gasteiger partial charge in [0, 0.05) is 37.0 Å². The number of sulfonamides is 1. The van der Waals surface area contributed by atoms with Crippen LogP contribution in [-0.4, -0.2) is 64.1 Å². The van der Waals surface area contributed by atoms with Crippen molar-refractivity contribution in [3.63, 3.8) is 0 Å². The number of methoxy groups -OCH3 is 1. The highest BCUT2D eigenvalue weighted by molar-refractivity contribution is 7.89. The lowest BCUT2D eigenvalue weighted by Crippen LogP contribution is -2.51. The van der Waals surface area contributed by atoms with Gasteiger partial charge in [-0.2, -0.15) is 4.31 Å². The van der Waals surface area contributed by atoms with Crippen LogP contribution >= 0.6 is 11.3 Å². The molecule has 1 spiro atoms. The third-order valence-corrected chi connectivity index (χ3v) is 8.68. The molecule has 0 atom stereocenters. The molecule has 0 N–H and O–H groups in total. The Labute approximate surface area is 177 Å². The minimum atomic E-state index is -3.63. The van der Waals surface area contributed by atoms with Crippen LogP contribution < -0.4 is 4.74 Å². The molecule has 1 saturated heterocycles. The normalized spacial score (nSPS) is 21.8. The molecule has 1 fully saturated rings. The first-order chi connectivity index (χ1) is 14.0. The van der Waals surface area contributed by atoms with E-state index in [9.17, 15) is 8.42 Å². The lowest BCUT2D eigenvalue weighted by molar-refractivity contribution is 0.0293. The number of hydrogen-bond acceptors (Lipinski definition) is 6. The van der Waals surface area contributed by atoms with Crippen molar-refractivity contribution in [3.05, 3.63) is 46.7 Å². The zero-order chi connectivity index (χ0) is 20.3. The third kappa shape index (κ3) is 4.51. The molecule has 29 heavy (non-hydrogen) atoms. The Hall–Kier alpha value is -1.45. The largest absolute Gasteiger partial charge is 0.492 e. The van der Waals surface area contributed by atoms with Crippen LogP contribution in [0, 0.1) is 5.41 Å². The molecule has 1 aromatic carbocycles. The van der Waals surface area contributed by atoms with Crippen molar-refractivity contribution >= 4 is 21.4 Å². The molecule has 0 bridgehead atoms. The highest BCUT2D eigenvalue weighted by Gasteiger charge is 2.42. The van der Waals surface area contributed by atoms with Crippen LogP contribution in [0.4, 0.5) is 0 Å². The van der Waals surface area contributed by atoms with Crippen LogP contribution in [0.2, 0.25) is 0 Å². The van der Waals surface area contributed by atoms with Gasteiger partial charge in [-0.15, -0.1) is 11.3 Å². The predicted octanol–water partition coefficient (Wildman–Crippen LogP) is 3.06. The van der Waals surface area contributed by atoms with Crippen LogP contribution in [0.1, 0.15) is 17.7 Å². The second kappa shape index (κ2) is 8.73. The monoisotopic (exact) mass is 436 g/mol. The molecule has 2 aromatic rings. The van der Waals surface area contributed by atoms with Gasteiger partial charge in [-0.05, 0) is 49.5 Å². The summed E-state index contributed by atoms with van der Waals surface area (Å²) in [4.78, 5) is 4.08. The summed E-state index contributed by atoms with van der Waals surface area (Å²) in [6.07, 6.45) is 1.83. The molecule has 0 amide bonds. The third-order valence-electron chi connectivity index (χ3n) is 5.93. The van der Waals surface area contributed by atoms with E-state index in [1.165, 1.54) is 4.88 Å². The van der Waals surface area contributed by atoms with Gasteiger partial charge in [0.05, 0.1) is 13.2 Å². The van der Waals surface area contributed by atoms with Gasteiger partial charge >= 0.3 is 0 Å². The molecule has 0 saturated carbocycles. The number of fused-ring (bicyclic) bond motifs is 1. The standard InChI is InChI=1S/C21H28N2O4S2/c1-26-13-12-23-16-21(8-10-22(11-9-21)15-18-5-4-14-28-18)17-27-19-6-2-3-7-20(19)29(23,24)25/h2-7,14H,8-13,15-17H2,1H3. The number of thiophene rings is 1. The summed E-state index contributed by atoms with van der Waals surface area (Å²) in [5.74, 6) is 0.454. The van der Waals surface area contributed by atoms with Gasteiger partial charge in [-0.25, -0.2) is 8.42 Å². The van der Waals surface area contributed by atoms with Crippen molar-refractivity contribution in [1.29, 1.82) is 0 Å². The average Bonchev–Trinajstić information content (AvgIpc) is 3.24. The van der Waals surface area contributed by atoms with Crippen molar-refractivity contribution < 1.29 is 17.9 Å². The lowest BCUT2D eigenvalue weighted by Gasteiger charge is -2.45. The van der Waals surface area contributed by atoms with E-state index >= 15 is 0 Å². The zero-order valence-electron chi connectivity index (χ0n) is 16.7. The molecular weight excluding hydrogens is 408 g/mol. The van der Waals surface area contributed by atoms with E-state index in [2.05, 4.69) is 22.4 Å². The number of benzene rings is 1. The smallest absolute Gasteiger partial charge is 0.246 e. The van der Waals surface area contributed by atoms with Crippen molar-refractivity contribution in [2.24, 2.45) is 5.41 Å². The van der Waals surface area contributed by atoms with Gasteiger partial charge in [0.1, 0.15) is 10.6 Å². The molecule has 1 aromatic heterocycles. The summed E-state index contributed by atoms with van der Waals surface area (Å²) in [6, 6.07) is 11.2. The quantitative estimate of drug-likeness (QED) is 0.721. The number of ether oxygens (including phenoxy) is 2. The second-order valence-corrected chi connectivity index (χ2v) is 10.9. The molecule has 0 aliphatic carbocycles. The van der Waals surface area contributed by atoms with Crippen molar-refractivity contribution in [2.45, 2.75) is 24.3 Å². The van der Waals surface area contributed by atoms with E-state index in [0.29, 0.717) is 32.1 Å². The summed E-state index contributed by atoms with van der Waals surface area (Å²) in [7, 11) is -2.02. The fourth-order valence-corrected chi connectivity index (χ4v) is 6.58. The molecule has 0 unspecified atom stereocenters. The Bertz CT molecular complexity index is 907. The van der Waals surface area contributed by atoms with Gasteiger partial charge in [-0.3, -0.25) is 4.90 Å². The van der Waals surface area contributed by atoms with E-state index in [0.717, 1.165) is 32.5 Å². The summed E-state index contributed by atoms with van der Waals surface area (Å²) >= 11 is 1.78. The SMILES string of the molecule is COCCN1CC2(CCN(Cc3cccs3)CC2)COc2ccccc2S1(=O)=O. The van der Waals surface area contributed by atoms with Crippen molar-refractivity contribution in [2.75, 3.05) is 46.5 Å². The average molecular weight is 437 g/mol. The van der Waals surface area contributed by atoms with Crippen LogP contribution in [-0.2, 0) is 21.3 Å². The predicted molar refractivity (Wildman–Crippen MR) is 114 cm³/mol. The first kappa shape index (κ1) is 20.8. The maximum atomic E-state index is 13.4. The maximum absolute atomic E-state index is 13.4. The molecule has 0 radical (unpaired) electrons. The van der Waals surface area contributed by atoms with Gasteiger partial charge < -0.3 is 9.47 Å². The van der Waals surface area contributed by atoms with Crippen LogP contribution in [0.3, 0.4) is 0 Å². The van der Waals surface area contributed by atoms with E-state index < -0.39 is 10.0 Å². The topological polar surface area (TPSA) is 59.1 Å². The van der Waals surface area contributed by atoms with Crippen LogP contribution in [0.25, 0.3) is 0 Å². The molecule has 6 nitrogen and oxygen atoms in total. The van der Waals surface area contributed by atoms with Crippen molar-refractivity contribution in [1.82, 2.24) is 9.21 Å². The number of rotatable bonds is 5. The fraction of sp³-hybridized carbons (Fsp3) is 0.524. The van der Waals surface area contributed by atoms with Gasteiger partial charge in [0.25, 0.3) is 0 Å². The molecule has 2 aliphatic heterocycles. The zero-order valence-corrected chi connectivity index (χ0v) is 18.4. The highest BCUT2D eigenvalue weighted by Crippen LogP contribution is 2.39. The lowest BCUT2D eigenvalue weighted by atomic mass is 9.78. The van der Waals surface area contributed by atoms with Gasteiger partial charge in [0.15, 0.2) is 0 Å². The summed E-state index contributed by atoms with van der Waals surface area (Å²) < 4.78 is 39.6. The summed E-state index contributed by atoms with van der Waals surface area (Å²) in [5.41, 5.74) is -0.180. The van der Waals surface area contributed by atoms with Gasteiger partial charge in [0.2, 0.25) is 10.0 Å². The van der Waals surface area contributed by atoms with Crippen molar-refractivity contribution in [3.8, 4) is 5.75 Å². The Morgan fingerprint density at radius 3 is 2.69 bits per heavy atom. The molecule has 158 valence electrons. The molecule has 8 heteroatoms. The summed E-state index contributed by atoms with van der Waals surface area (Å²) in [5, 5.41) is 2.11. The molecular formula is C21H28N2O4S2. The van der Waals surface area contributed by atoms with E-state index in [-0.39, 0.29) is 10.3 Å². The minimum Gasteiger partial charge on any atom is -0.492 e. The number of para-hydroxylation sites is 1. The first-order valence-electron chi connectivity index (χ1n) is 9.98. The number of likely N-dealkylation sites (tertiary alicyclic amines) is 1. The molecule has 3 heterocycles. The van der Waals surface area contributed by atoms with Crippen LogP contribution in [0.5, 0.6) is 5.75 Å².